The van der Waals surface area contributed by atoms with E-state index >= 15 is 0 Å². The second-order valence-corrected chi connectivity index (χ2v) is 4.66. The molecule has 0 bridgehead atoms. The smallest absolute Gasteiger partial charge is 0.150 e. The summed E-state index contributed by atoms with van der Waals surface area (Å²) >= 11 is 0. The van der Waals surface area contributed by atoms with Crippen LogP contribution >= 0.6 is 0 Å². The van der Waals surface area contributed by atoms with Crippen LogP contribution in [0.2, 0.25) is 0 Å². The lowest BCUT2D eigenvalue weighted by Crippen LogP contribution is -1.92. The molecule has 0 N–H and O–H groups in total. The molecule has 0 aliphatic carbocycles. The summed E-state index contributed by atoms with van der Waals surface area (Å²) in [6.45, 7) is 5.17. The first-order chi connectivity index (χ1) is 8.74. The minimum absolute atomic E-state index is 0.735. The van der Waals surface area contributed by atoms with E-state index in [9.17, 15) is 4.79 Å². The van der Waals surface area contributed by atoms with Gasteiger partial charge in [-0.05, 0) is 44.2 Å². The molecule has 2 heteroatoms. The fourth-order valence-electron chi connectivity index (χ4n) is 2.65. The highest BCUT2D eigenvalue weighted by Gasteiger charge is 2.09. The molecular formula is C16H15NO. The standard InChI is InChI=1S/C16H15NO/c1-3-17-15-6-4-11(2)8-13(15)14-9-12(10-18)5-7-16(14)17/h4-10H,3H2,1-2H3. The number of hydrogen-bond donors (Lipinski definition) is 0. The molecule has 90 valence electrons. The Labute approximate surface area is 106 Å². The van der Waals surface area contributed by atoms with Crippen molar-refractivity contribution < 1.29 is 4.79 Å². The average molecular weight is 237 g/mol. The molecule has 1 heterocycles. The lowest BCUT2D eigenvalue weighted by molar-refractivity contribution is 0.112. The van der Waals surface area contributed by atoms with E-state index in [1.54, 1.807) is 0 Å². The first kappa shape index (κ1) is 11.0. The zero-order valence-corrected chi connectivity index (χ0v) is 10.6. The predicted molar refractivity (Wildman–Crippen MR) is 75.2 cm³/mol. The molecule has 0 aliphatic rings. The maximum atomic E-state index is 10.9. The van der Waals surface area contributed by atoms with Gasteiger partial charge in [-0.1, -0.05) is 11.6 Å². The van der Waals surface area contributed by atoms with E-state index in [4.69, 9.17) is 0 Å². The van der Waals surface area contributed by atoms with Gasteiger partial charge in [-0.25, -0.2) is 0 Å². The van der Waals surface area contributed by atoms with Crippen molar-refractivity contribution in [2.24, 2.45) is 0 Å². The molecule has 3 rings (SSSR count). The van der Waals surface area contributed by atoms with Crippen molar-refractivity contribution in [3.05, 3.63) is 47.5 Å². The SMILES string of the molecule is CCn1c2ccc(C)cc2c2cc(C=O)ccc21. The van der Waals surface area contributed by atoms with Gasteiger partial charge < -0.3 is 4.57 Å². The maximum absolute atomic E-state index is 10.9. The van der Waals surface area contributed by atoms with Crippen LogP contribution in [0.4, 0.5) is 0 Å². The number of aldehydes is 1. The normalized spacial score (nSPS) is 11.2. The molecule has 0 aliphatic heterocycles. The number of benzene rings is 2. The van der Waals surface area contributed by atoms with Crippen molar-refractivity contribution in [2.75, 3.05) is 0 Å². The number of carbonyl (C=O) groups excluding carboxylic acids is 1. The summed E-state index contributed by atoms with van der Waals surface area (Å²) in [5.74, 6) is 0. The lowest BCUT2D eigenvalue weighted by atomic mass is 10.1. The van der Waals surface area contributed by atoms with Gasteiger partial charge in [0.1, 0.15) is 6.29 Å². The summed E-state index contributed by atoms with van der Waals surface area (Å²) in [5.41, 5.74) is 4.41. The molecule has 0 saturated carbocycles. The molecule has 18 heavy (non-hydrogen) atoms. The number of nitrogens with zero attached hydrogens (tertiary/aromatic N) is 1. The second kappa shape index (κ2) is 3.98. The molecule has 0 atom stereocenters. The van der Waals surface area contributed by atoms with Crippen LogP contribution in [0.1, 0.15) is 22.8 Å². The predicted octanol–water partition coefficient (Wildman–Crippen LogP) is 3.94. The third kappa shape index (κ3) is 1.46. The van der Waals surface area contributed by atoms with Crippen LogP contribution in [0.25, 0.3) is 21.8 Å². The highest BCUT2D eigenvalue weighted by molar-refractivity contribution is 6.09. The van der Waals surface area contributed by atoms with Gasteiger partial charge >= 0.3 is 0 Å². The summed E-state index contributed by atoms with van der Waals surface area (Å²) in [4.78, 5) is 10.9. The van der Waals surface area contributed by atoms with Crippen LogP contribution in [-0.2, 0) is 6.54 Å². The Morgan fingerprint density at radius 2 is 1.72 bits per heavy atom. The fraction of sp³-hybridized carbons (Fsp3) is 0.188. The highest BCUT2D eigenvalue weighted by atomic mass is 16.1. The van der Waals surface area contributed by atoms with Gasteiger partial charge in [-0.3, -0.25) is 4.79 Å². The lowest BCUT2D eigenvalue weighted by Gasteiger charge is -2.02. The van der Waals surface area contributed by atoms with E-state index in [1.165, 1.54) is 27.4 Å². The Morgan fingerprint density at radius 3 is 2.39 bits per heavy atom. The van der Waals surface area contributed by atoms with Gasteiger partial charge in [0.15, 0.2) is 0 Å². The first-order valence-electron chi connectivity index (χ1n) is 6.22. The molecule has 2 nitrogen and oxygen atoms in total. The van der Waals surface area contributed by atoms with Gasteiger partial charge in [-0.2, -0.15) is 0 Å². The van der Waals surface area contributed by atoms with Crippen molar-refractivity contribution in [1.29, 1.82) is 0 Å². The first-order valence-corrected chi connectivity index (χ1v) is 6.22. The summed E-state index contributed by atoms with van der Waals surface area (Å²) in [5, 5.41) is 2.40. The van der Waals surface area contributed by atoms with Gasteiger partial charge in [0.2, 0.25) is 0 Å². The monoisotopic (exact) mass is 237 g/mol. The van der Waals surface area contributed by atoms with Crippen molar-refractivity contribution >= 4 is 28.1 Å². The Hall–Kier alpha value is -2.09. The molecule has 3 aromatic rings. The third-order valence-electron chi connectivity index (χ3n) is 3.50. The molecule has 1 aromatic heterocycles. The minimum atomic E-state index is 0.735. The van der Waals surface area contributed by atoms with Crippen molar-refractivity contribution in [2.45, 2.75) is 20.4 Å². The Balaban J connectivity index is 2.53. The van der Waals surface area contributed by atoms with Crippen molar-refractivity contribution in [3.63, 3.8) is 0 Å². The van der Waals surface area contributed by atoms with Gasteiger partial charge in [0.05, 0.1) is 0 Å². The quantitative estimate of drug-likeness (QED) is 0.619. The van der Waals surface area contributed by atoms with Gasteiger partial charge in [0, 0.05) is 33.9 Å². The molecule has 0 fully saturated rings. The number of hydrogen-bond acceptors (Lipinski definition) is 1. The summed E-state index contributed by atoms with van der Waals surface area (Å²) in [7, 11) is 0. The van der Waals surface area contributed by atoms with Gasteiger partial charge in [-0.15, -0.1) is 0 Å². The van der Waals surface area contributed by atoms with E-state index < -0.39 is 0 Å². The molecular weight excluding hydrogens is 222 g/mol. The van der Waals surface area contributed by atoms with Crippen LogP contribution in [0.3, 0.4) is 0 Å². The number of rotatable bonds is 2. The van der Waals surface area contributed by atoms with Crippen LogP contribution in [0.15, 0.2) is 36.4 Å². The fourth-order valence-corrected chi connectivity index (χ4v) is 2.65. The topological polar surface area (TPSA) is 22.0 Å². The van der Waals surface area contributed by atoms with Crippen molar-refractivity contribution in [3.8, 4) is 0 Å². The Morgan fingerprint density at radius 1 is 1.06 bits per heavy atom. The largest absolute Gasteiger partial charge is 0.341 e. The zero-order chi connectivity index (χ0) is 12.7. The van der Waals surface area contributed by atoms with E-state index in [2.05, 4.69) is 36.6 Å². The molecule has 0 amide bonds. The van der Waals surface area contributed by atoms with Crippen LogP contribution in [0.5, 0.6) is 0 Å². The van der Waals surface area contributed by atoms with Crippen molar-refractivity contribution in [1.82, 2.24) is 4.57 Å². The summed E-state index contributed by atoms with van der Waals surface area (Å²) in [6.07, 6.45) is 0.907. The van der Waals surface area contributed by atoms with E-state index in [1.807, 2.05) is 18.2 Å². The van der Waals surface area contributed by atoms with Gasteiger partial charge in [0.25, 0.3) is 0 Å². The zero-order valence-electron chi connectivity index (χ0n) is 10.6. The summed E-state index contributed by atoms with van der Waals surface area (Å²) in [6, 6.07) is 12.4. The minimum Gasteiger partial charge on any atom is -0.341 e. The molecule has 0 saturated heterocycles. The molecule has 0 spiro atoms. The second-order valence-electron chi connectivity index (χ2n) is 4.66. The molecule has 0 radical (unpaired) electrons. The number of carbonyl (C=O) groups is 1. The van der Waals surface area contributed by atoms with E-state index in [0.717, 1.165) is 18.4 Å². The highest BCUT2D eigenvalue weighted by Crippen LogP contribution is 2.30. The molecule has 2 aromatic carbocycles. The number of aryl methyl sites for hydroxylation is 2. The number of aromatic nitrogens is 1. The maximum Gasteiger partial charge on any atom is 0.150 e. The Kier molecular flexibility index (Phi) is 2.44. The van der Waals surface area contributed by atoms with E-state index in [0.29, 0.717) is 0 Å². The van der Waals surface area contributed by atoms with Crippen LogP contribution in [0, 0.1) is 6.92 Å². The molecule has 0 unspecified atom stereocenters. The number of fused-ring (bicyclic) bond motifs is 3. The third-order valence-corrected chi connectivity index (χ3v) is 3.50. The average Bonchev–Trinajstić information content (AvgIpc) is 2.71. The Bertz CT molecular complexity index is 752. The van der Waals surface area contributed by atoms with Crippen LogP contribution in [-0.4, -0.2) is 10.9 Å². The summed E-state index contributed by atoms with van der Waals surface area (Å²) < 4.78 is 2.29. The van der Waals surface area contributed by atoms with Crippen LogP contribution < -0.4 is 0 Å². The van der Waals surface area contributed by atoms with E-state index in [-0.39, 0.29) is 0 Å².